The summed E-state index contributed by atoms with van der Waals surface area (Å²) in [6.45, 7) is 15.6. The lowest BCUT2D eigenvalue weighted by atomic mass is 9.82. The number of hydrogen-bond acceptors (Lipinski definition) is 7. The Morgan fingerprint density at radius 1 is 1.14 bits per heavy atom. The maximum absolute atomic E-state index is 11.7. The highest BCUT2D eigenvalue weighted by atomic mass is 16.7. The molecule has 0 atom stereocenters. The molecule has 1 aliphatic heterocycles. The maximum atomic E-state index is 11.7. The van der Waals surface area contributed by atoms with E-state index in [-0.39, 0.29) is 23.8 Å². The Kier molecular flexibility index (Phi) is 7.90. The molecule has 9 heteroatoms. The molecule has 0 N–H and O–H groups in total. The molecule has 1 aromatic heterocycles. The van der Waals surface area contributed by atoms with E-state index in [0.717, 1.165) is 11.9 Å². The third-order valence-corrected chi connectivity index (χ3v) is 5.48. The Balaban J connectivity index is 1.61. The van der Waals surface area contributed by atoms with Gasteiger partial charge in [-0.2, -0.15) is 5.10 Å². The van der Waals surface area contributed by atoms with Crippen molar-refractivity contribution in [3.05, 3.63) is 12.4 Å². The zero-order valence-corrected chi connectivity index (χ0v) is 18.8. The van der Waals surface area contributed by atoms with Crippen LogP contribution in [0.15, 0.2) is 12.4 Å². The van der Waals surface area contributed by atoms with Crippen LogP contribution in [0.3, 0.4) is 0 Å². The van der Waals surface area contributed by atoms with Gasteiger partial charge in [0.25, 0.3) is 0 Å². The Morgan fingerprint density at radius 3 is 2.38 bits per heavy atom. The summed E-state index contributed by atoms with van der Waals surface area (Å²) in [5, 5.41) is 4.34. The molecule has 0 radical (unpaired) electrons. The van der Waals surface area contributed by atoms with Gasteiger partial charge in [-0.25, -0.2) is 4.79 Å². The van der Waals surface area contributed by atoms with Gasteiger partial charge in [0.15, 0.2) is 0 Å². The largest absolute Gasteiger partial charge is 0.498 e. The predicted octanol–water partition coefficient (Wildman–Crippen LogP) is 1.95. The topological polar surface area (TPSA) is 81.0 Å². The molecule has 0 aliphatic carbocycles. The molecule has 0 unspecified atom stereocenters. The van der Waals surface area contributed by atoms with Crippen LogP contribution in [0.25, 0.3) is 0 Å². The van der Waals surface area contributed by atoms with Crippen LogP contribution in [0.4, 0.5) is 0 Å². The molecule has 29 heavy (non-hydrogen) atoms. The van der Waals surface area contributed by atoms with Gasteiger partial charge in [0.05, 0.1) is 37.6 Å². The number of aromatic nitrogens is 2. The minimum absolute atomic E-state index is 0.0661. The number of nitrogens with zero attached hydrogens (tertiary/aromatic N) is 2. The fraction of sp³-hybridized carbons (Fsp3) is 0.800. The van der Waals surface area contributed by atoms with E-state index in [9.17, 15) is 4.79 Å². The summed E-state index contributed by atoms with van der Waals surface area (Å²) in [6, 6.07) is 0. The monoisotopic (exact) mass is 410 g/mol. The van der Waals surface area contributed by atoms with E-state index in [1.54, 1.807) is 10.9 Å². The molecule has 2 rings (SSSR count). The highest BCUT2D eigenvalue weighted by molar-refractivity contribution is 6.61. The molecule has 0 aromatic carbocycles. The van der Waals surface area contributed by atoms with E-state index in [2.05, 4.69) is 5.10 Å². The van der Waals surface area contributed by atoms with E-state index in [0.29, 0.717) is 26.4 Å². The van der Waals surface area contributed by atoms with Crippen LogP contribution in [0.2, 0.25) is 0 Å². The van der Waals surface area contributed by atoms with E-state index < -0.39 is 12.7 Å². The maximum Gasteiger partial charge on any atom is 0.498 e. The Bertz CT molecular complexity index is 658. The van der Waals surface area contributed by atoms with Crippen LogP contribution in [0.1, 0.15) is 54.9 Å². The standard InChI is InChI=1S/C20H35BN2O6/c1-8-18(2,3)27-17(24)15-26-12-11-25-10-9-23-14-16(13-22-23)21-28-19(4,5)20(6,7)29-21/h13-14H,8-12,15H2,1-7H3. The Morgan fingerprint density at radius 2 is 1.76 bits per heavy atom. The van der Waals surface area contributed by atoms with Gasteiger partial charge in [-0.15, -0.1) is 0 Å². The fourth-order valence-corrected chi connectivity index (χ4v) is 2.55. The van der Waals surface area contributed by atoms with Gasteiger partial charge in [0.1, 0.15) is 12.2 Å². The molecule has 0 amide bonds. The zero-order chi connectivity index (χ0) is 21.7. The van der Waals surface area contributed by atoms with Crippen molar-refractivity contribution in [2.45, 2.75) is 78.2 Å². The average molecular weight is 410 g/mol. The SMILES string of the molecule is CCC(C)(C)OC(=O)COCCOCCn1cc(B2OC(C)(C)C(C)(C)O2)cn1. The molecule has 2 heterocycles. The van der Waals surface area contributed by atoms with E-state index in [1.807, 2.05) is 54.7 Å². The Labute approximate surface area is 174 Å². The highest BCUT2D eigenvalue weighted by Gasteiger charge is 2.52. The predicted molar refractivity (Wildman–Crippen MR) is 110 cm³/mol. The molecular formula is C20H35BN2O6. The molecular weight excluding hydrogens is 375 g/mol. The number of rotatable bonds is 11. The summed E-state index contributed by atoms with van der Waals surface area (Å²) >= 11 is 0. The van der Waals surface area contributed by atoms with E-state index in [4.69, 9.17) is 23.5 Å². The molecule has 0 spiro atoms. The highest BCUT2D eigenvalue weighted by Crippen LogP contribution is 2.36. The lowest BCUT2D eigenvalue weighted by Gasteiger charge is -2.32. The number of carbonyl (C=O) groups excluding carboxylic acids is 1. The van der Waals surface area contributed by atoms with Gasteiger partial charge in [-0.1, -0.05) is 6.92 Å². The summed E-state index contributed by atoms with van der Waals surface area (Å²) < 4.78 is 30.0. The van der Waals surface area contributed by atoms with Crippen molar-refractivity contribution in [2.24, 2.45) is 0 Å². The Hall–Kier alpha value is -1.42. The first-order valence-electron chi connectivity index (χ1n) is 10.2. The smallest absolute Gasteiger partial charge is 0.458 e. The summed E-state index contributed by atoms with van der Waals surface area (Å²) in [5.74, 6) is -0.358. The minimum Gasteiger partial charge on any atom is -0.458 e. The van der Waals surface area contributed by atoms with E-state index in [1.165, 1.54) is 0 Å². The number of ether oxygens (including phenoxy) is 3. The van der Waals surface area contributed by atoms with Crippen molar-refractivity contribution in [3.8, 4) is 0 Å². The van der Waals surface area contributed by atoms with Gasteiger partial charge in [-0.05, 0) is 48.0 Å². The van der Waals surface area contributed by atoms with Crippen molar-refractivity contribution in [1.29, 1.82) is 0 Å². The third kappa shape index (κ3) is 6.81. The van der Waals surface area contributed by atoms with Crippen molar-refractivity contribution < 1.29 is 28.3 Å². The first-order chi connectivity index (χ1) is 13.5. The second-order valence-corrected chi connectivity index (χ2v) is 8.88. The summed E-state index contributed by atoms with van der Waals surface area (Å²) in [4.78, 5) is 11.7. The van der Waals surface area contributed by atoms with Crippen LogP contribution in [-0.2, 0) is 34.9 Å². The van der Waals surface area contributed by atoms with Crippen molar-refractivity contribution in [2.75, 3.05) is 26.4 Å². The van der Waals surface area contributed by atoms with Gasteiger partial charge in [-0.3, -0.25) is 4.68 Å². The first kappa shape index (κ1) is 23.9. The molecule has 0 bridgehead atoms. The van der Waals surface area contributed by atoms with Gasteiger partial charge in [0, 0.05) is 17.9 Å². The van der Waals surface area contributed by atoms with Crippen LogP contribution >= 0.6 is 0 Å². The molecule has 1 saturated heterocycles. The number of hydrogen-bond donors (Lipinski definition) is 0. The molecule has 8 nitrogen and oxygen atoms in total. The zero-order valence-electron chi connectivity index (χ0n) is 18.8. The summed E-state index contributed by atoms with van der Waals surface area (Å²) in [5.41, 5.74) is -0.316. The molecule has 1 fully saturated rings. The lowest BCUT2D eigenvalue weighted by molar-refractivity contribution is -0.162. The van der Waals surface area contributed by atoms with Gasteiger partial charge in [0.2, 0.25) is 0 Å². The normalized spacial score (nSPS) is 18.2. The van der Waals surface area contributed by atoms with Crippen molar-refractivity contribution in [3.63, 3.8) is 0 Å². The number of esters is 1. The molecule has 1 aromatic rings. The van der Waals surface area contributed by atoms with Crippen LogP contribution < -0.4 is 5.46 Å². The summed E-state index contributed by atoms with van der Waals surface area (Å²) in [7, 11) is -0.416. The van der Waals surface area contributed by atoms with Crippen molar-refractivity contribution >= 4 is 18.6 Å². The minimum atomic E-state index is -0.459. The lowest BCUT2D eigenvalue weighted by Crippen LogP contribution is -2.41. The van der Waals surface area contributed by atoms with E-state index >= 15 is 0 Å². The third-order valence-electron chi connectivity index (χ3n) is 5.48. The first-order valence-corrected chi connectivity index (χ1v) is 10.2. The van der Waals surface area contributed by atoms with Crippen LogP contribution in [0.5, 0.6) is 0 Å². The quantitative estimate of drug-likeness (QED) is 0.313. The second-order valence-electron chi connectivity index (χ2n) is 8.88. The molecule has 0 saturated carbocycles. The van der Waals surface area contributed by atoms with Gasteiger partial charge < -0.3 is 23.5 Å². The number of carbonyl (C=O) groups is 1. The molecule has 1 aliphatic rings. The molecule has 164 valence electrons. The summed E-state index contributed by atoms with van der Waals surface area (Å²) in [6.07, 6.45) is 4.42. The second kappa shape index (κ2) is 9.60. The van der Waals surface area contributed by atoms with Crippen LogP contribution in [-0.4, -0.2) is 66.1 Å². The van der Waals surface area contributed by atoms with Crippen LogP contribution in [0, 0.1) is 0 Å². The van der Waals surface area contributed by atoms with Crippen molar-refractivity contribution in [1.82, 2.24) is 9.78 Å². The fourth-order valence-electron chi connectivity index (χ4n) is 2.55. The average Bonchev–Trinajstić information content (AvgIpc) is 3.16. The van der Waals surface area contributed by atoms with Gasteiger partial charge >= 0.3 is 13.1 Å².